The Bertz CT molecular complexity index is 587. The van der Waals surface area contributed by atoms with Gasteiger partial charge in [0.05, 0.1) is 11.0 Å². The molecule has 7 nitrogen and oxygen atoms in total. The highest BCUT2D eigenvalue weighted by Crippen LogP contribution is 2.23. The van der Waals surface area contributed by atoms with Crippen LogP contribution in [0, 0.1) is 10.1 Å². The molecule has 1 fully saturated rings. The molecule has 1 aliphatic rings. The lowest BCUT2D eigenvalue weighted by molar-refractivity contribution is -0.402. The summed E-state index contributed by atoms with van der Waals surface area (Å²) in [6.07, 6.45) is 4.36. The summed E-state index contributed by atoms with van der Waals surface area (Å²) in [5.74, 6) is -0.529. The zero-order chi connectivity index (χ0) is 13.1. The number of allylic oxidation sites excluding steroid dienone is 2. The summed E-state index contributed by atoms with van der Waals surface area (Å²) in [5.41, 5.74) is 0. The Morgan fingerprint density at radius 2 is 2.17 bits per heavy atom. The van der Waals surface area contributed by atoms with Crippen LogP contribution in [0.15, 0.2) is 33.6 Å². The van der Waals surface area contributed by atoms with E-state index in [1.54, 1.807) is 0 Å². The lowest BCUT2D eigenvalue weighted by Gasteiger charge is -1.86. The first-order valence-corrected chi connectivity index (χ1v) is 5.53. The maximum absolute atomic E-state index is 11.2. The molecule has 1 aromatic rings. The first-order valence-electron chi connectivity index (χ1n) is 4.72. The number of hydrogen-bond acceptors (Lipinski definition) is 6. The summed E-state index contributed by atoms with van der Waals surface area (Å²) in [6.45, 7) is 0. The second kappa shape index (κ2) is 4.88. The number of hydrogen-bond donors (Lipinski definition) is 1. The van der Waals surface area contributed by atoms with Gasteiger partial charge in [-0.1, -0.05) is 6.08 Å². The zero-order valence-corrected chi connectivity index (χ0v) is 9.60. The Labute approximate surface area is 105 Å². The fraction of sp³-hybridized carbons (Fsp3) is 0. The first-order chi connectivity index (χ1) is 8.56. The number of nitrogens with zero attached hydrogens (tertiary/aromatic N) is 1. The van der Waals surface area contributed by atoms with Crippen molar-refractivity contribution in [2.45, 2.75) is 0 Å². The minimum absolute atomic E-state index is 0.261. The second-order valence-corrected chi connectivity index (χ2v) is 4.18. The molecule has 8 heteroatoms. The van der Waals surface area contributed by atoms with E-state index in [4.69, 9.17) is 4.42 Å². The van der Waals surface area contributed by atoms with Gasteiger partial charge in [0, 0.05) is 0 Å². The zero-order valence-electron chi connectivity index (χ0n) is 8.78. The molecule has 0 bridgehead atoms. The van der Waals surface area contributed by atoms with Gasteiger partial charge >= 0.3 is 5.88 Å². The standard InChI is InChI=1S/C10H6N2O5S/c13-9-7(18-10(14)11-9)3-1-2-6-4-5-8(17-6)12(15)16/h1-5H,(H,11,13,14). The van der Waals surface area contributed by atoms with Crippen LogP contribution in [-0.4, -0.2) is 16.1 Å². The smallest absolute Gasteiger partial charge is 0.401 e. The van der Waals surface area contributed by atoms with E-state index in [9.17, 15) is 19.7 Å². The van der Waals surface area contributed by atoms with Crippen molar-refractivity contribution >= 4 is 34.9 Å². The van der Waals surface area contributed by atoms with Gasteiger partial charge in [-0.3, -0.25) is 25.0 Å². The van der Waals surface area contributed by atoms with Crippen molar-refractivity contribution in [2.75, 3.05) is 0 Å². The normalized spacial score (nSPS) is 17.7. The summed E-state index contributed by atoms with van der Waals surface area (Å²) in [4.78, 5) is 32.0. The van der Waals surface area contributed by atoms with Crippen molar-refractivity contribution in [3.63, 3.8) is 0 Å². The monoisotopic (exact) mass is 266 g/mol. The van der Waals surface area contributed by atoms with Crippen molar-refractivity contribution in [1.29, 1.82) is 0 Å². The molecule has 2 amide bonds. The molecule has 18 heavy (non-hydrogen) atoms. The number of thioether (sulfide) groups is 1. The molecule has 0 atom stereocenters. The highest BCUT2D eigenvalue weighted by atomic mass is 32.2. The molecule has 0 unspecified atom stereocenters. The molecular weight excluding hydrogens is 260 g/mol. The molecule has 1 aliphatic heterocycles. The Kier molecular flexibility index (Phi) is 3.28. The van der Waals surface area contributed by atoms with Crippen molar-refractivity contribution < 1.29 is 18.9 Å². The predicted octanol–water partition coefficient (Wildman–Crippen LogP) is 2.07. The Morgan fingerprint density at radius 3 is 2.72 bits per heavy atom. The minimum atomic E-state index is -0.644. The van der Waals surface area contributed by atoms with E-state index in [0.29, 0.717) is 0 Å². The van der Waals surface area contributed by atoms with Crippen LogP contribution in [0.2, 0.25) is 0 Å². The van der Waals surface area contributed by atoms with Gasteiger partial charge in [-0.2, -0.15) is 0 Å². The van der Waals surface area contributed by atoms with Crippen LogP contribution >= 0.6 is 11.8 Å². The van der Waals surface area contributed by atoms with Gasteiger partial charge in [-0.15, -0.1) is 0 Å². The summed E-state index contributed by atoms with van der Waals surface area (Å²) in [5, 5.41) is 12.0. The summed E-state index contributed by atoms with van der Waals surface area (Å²) >= 11 is 0.790. The van der Waals surface area contributed by atoms with Crippen LogP contribution in [0.1, 0.15) is 5.76 Å². The highest BCUT2D eigenvalue weighted by molar-refractivity contribution is 8.18. The fourth-order valence-electron chi connectivity index (χ4n) is 1.20. The van der Waals surface area contributed by atoms with Crippen LogP contribution < -0.4 is 5.32 Å². The molecule has 92 valence electrons. The third-order valence-corrected chi connectivity index (χ3v) is 2.77. The van der Waals surface area contributed by atoms with E-state index in [2.05, 4.69) is 5.32 Å². The number of furan rings is 1. The lowest BCUT2D eigenvalue weighted by Crippen LogP contribution is -2.17. The maximum atomic E-state index is 11.2. The summed E-state index contributed by atoms with van der Waals surface area (Å²) in [6, 6.07) is 2.66. The molecule has 1 aromatic heterocycles. The molecule has 0 aromatic carbocycles. The molecule has 1 N–H and O–H groups in total. The van der Waals surface area contributed by atoms with E-state index in [1.165, 1.54) is 30.4 Å². The minimum Gasteiger partial charge on any atom is -0.401 e. The van der Waals surface area contributed by atoms with Gasteiger partial charge in [0.15, 0.2) is 0 Å². The van der Waals surface area contributed by atoms with Crippen molar-refractivity contribution in [3.05, 3.63) is 45.1 Å². The van der Waals surface area contributed by atoms with Gasteiger partial charge in [0.25, 0.3) is 11.1 Å². The number of nitro groups is 1. The average molecular weight is 266 g/mol. The van der Waals surface area contributed by atoms with E-state index >= 15 is 0 Å². The molecule has 0 aliphatic carbocycles. The van der Waals surface area contributed by atoms with Crippen LogP contribution in [0.25, 0.3) is 6.08 Å². The molecule has 0 saturated carbocycles. The van der Waals surface area contributed by atoms with Crippen molar-refractivity contribution in [3.8, 4) is 0 Å². The van der Waals surface area contributed by atoms with Crippen LogP contribution in [0.5, 0.6) is 0 Å². The van der Waals surface area contributed by atoms with E-state index in [-0.39, 0.29) is 16.5 Å². The molecule has 1 saturated heterocycles. The molecule has 2 rings (SSSR count). The highest BCUT2D eigenvalue weighted by Gasteiger charge is 2.24. The van der Waals surface area contributed by atoms with E-state index in [0.717, 1.165) is 11.8 Å². The van der Waals surface area contributed by atoms with E-state index < -0.39 is 16.1 Å². The SMILES string of the molecule is O=C1NC(=O)C(=CC=Cc2ccc([N+](=O)[O-])o2)S1. The quantitative estimate of drug-likeness (QED) is 0.510. The van der Waals surface area contributed by atoms with Crippen LogP contribution in [0.4, 0.5) is 10.7 Å². The third-order valence-electron chi connectivity index (χ3n) is 1.94. The third kappa shape index (κ3) is 2.66. The molecule has 2 heterocycles. The van der Waals surface area contributed by atoms with Gasteiger partial charge < -0.3 is 4.42 Å². The Hall–Kier alpha value is -2.35. The molecule has 0 radical (unpaired) electrons. The number of rotatable bonds is 3. The van der Waals surface area contributed by atoms with Gasteiger partial charge in [0.1, 0.15) is 10.7 Å². The topological polar surface area (TPSA) is 102 Å². The maximum Gasteiger partial charge on any atom is 0.433 e. The number of amides is 2. The molecular formula is C10H6N2O5S. The largest absolute Gasteiger partial charge is 0.433 e. The predicted molar refractivity (Wildman–Crippen MR) is 63.6 cm³/mol. The first kappa shape index (κ1) is 12.1. The average Bonchev–Trinajstić information content (AvgIpc) is 2.87. The Balaban J connectivity index is 2.07. The number of carbonyl (C=O) groups excluding carboxylic acids is 2. The van der Waals surface area contributed by atoms with Gasteiger partial charge in [0.2, 0.25) is 0 Å². The number of imide groups is 1. The number of nitrogens with one attached hydrogen (secondary N) is 1. The van der Waals surface area contributed by atoms with E-state index in [1.807, 2.05) is 0 Å². The Morgan fingerprint density at radius 1 is 1.39 bits per heavy atom. The number of carbonyl (C=O) groups is 2. The summed E-state index contributed by atoms with van der Waals surface area (Å²) in [7, 11) is 0. The van der Waals surface area contributed by atoms with Crippen LogP contribution in [0.3, 0.4) is 0 Å². The lowest BCUT2D eigenvalue weighted by atomic mass is 10.3. The van der Waals surface area contributed by atoms with Gasteiger partial charge in [-0.25, -0.2) is 0 Å². The van der Waals surface area contributed by atoms with Crippen LogP contribution in [-0.2, 0) is 4.79 Å². The molecule has 0 spiro atoms. The fourth-order valence-corrected chi connectivity index (χ4v) is 1.83. The van der Waals surface area contributed by atoms with Crippen molar-refractivity contribution in [2.24, 2.45) is 0 Å². The summed E-state index contributed by atoms with van der Waals surface area (Å²) < 4.78 is 4.87. The second-order valence-electron chi connectivity index (χ2n) is 3.17. The van der Waals surface area contributed by atoms with Gasteiger partial charge in [-0.05, 0) is 30.0 Å². The van der Waals surface area contributed by atoms with Crippen molar-refractivity contribution in [1.82, 2.24) is 5.32 Å².